The van der Waals surface area contributed by atoms with Gasteiger partial charge in [-0.3, -0.25) is 14.5 Å². The lowest BCUT2D eigenvalue weighted by molar-refractivity contribution is -0.384. The largest absolute Gasteiger partial charge is 0.480 e. The first-order valence-electron chi connectivity index (χ1n) is 10.8. The molecule has 3 aromatic heterocycles. The zero-order valence-corrected chi connectivity index (χ0v) is 19.0. The van der Waals surface area contributed by atoms with Crippen LogP contribution < -0.4 is 4.74 Å². The molecule has 0 saturated carbocycles. The number of fused-ring (bicyclic) bond motifs is 1. The van der Waals surface area contributed by atoms with Crippen LogP contribution in [0.25, 0.3) is 39.4 Å². The van der Waals surface area contributed by atoms with Crippen LogP contribution >= 0.6 is 0 Å². The van der Waals surface area contributed by atoms with E-state index in [1.807, 2.05) is 60.0 Å². The summed E-state index contributed by atoms with van der Waals surface area (Å²) in [5.41, 5.74) is 6.17. The molecule has 0 aliphatic rings. The highest BCUT2D eigenvalue weighted by molar-refractivity contribution is 5.87. The van der Waals surface area contributed by atoms with E-state index in [0.717, 1.165) is 28.2 Å². The molecule has 3 heterocycles. The van der Waals surface area contributed by atoms with Crippen molar-refractivity contribution in [3.8, 4) is 45.7 Å². The summed E-state index contributed by atoms with van der Waals surface area (Å²) in [6.45, 7) is 1.99. The summed E-state index contributed by atoms with van der Waals surface area (Å²) in [7, 11) is 1.46. The number of nitro benzene ring substituents is 1. The van der Waals surface area contributed by atoms with Crippen molar-refractivity contribution in [3.63, 3.8) is 0 Å². The fraction of sp³-hybridized carbons (Fsp3) is 0.0741. The van der Waals surface area contributed by atoms with Crippen LogP contribution in [0.4, 0.5) is 5.69 Å². The summed E-state index contributed by atoms with van der Waals surface area (Å²) in [6.07, 6.45) is 1.91. The number of nitriles is 1. The van der Waals surface area contributed by atoms with Crippen molar-refractivity contribution >= 4 is 11.3 Å². The van der Waals surface area contributed by atoms with Gasteiger partial charge in [0.2, 0.25) is 5.88 Å². The number of hydrogen-bond acceptors (Lipinski definition) is 6. The van der Waals surface area contributed by atoms with E-state index >= 15 is 0 Å². The first-order chi connectivity index (χ1) is 17.0. The first-order valence-corrected chi connectivity index (χ1v) is 10.8. The van der Waals surface area contributed by atoms with Gasteiger partial charge >= 0.3 is 0 Å². The zero-order valence-electron chi connectivity index (χ0n) is 19.0. The first kappa shape index (κ1) is 21.8. The third kappa shape index (κ3) is 3.75. The Morgan fingerprint density at radius 3 is 2.40 bits per heavy atom. The number of benzene rings is 2. The standard InChI is InChI=1S/C27H19N5O3/c1-17-7-6-14-31-25(24(30-26(17)31)19-8-4-3-5-9-19)21-15-23(29-27(35-2)22(21)16-28)18-10-12-20(13-11-18)32(33)34/h3-15H,1-2H3. The Balaban J connectivity index is 1.84. The molecule has 0 bridgehead atoms. The van der Waals surface area contributed by atoms with Crippen LogP contribution in [0.3, 0.4) is 0 Å². The fourth-order valence-corrected chi connectivity index (χ4v) is 4.12. The predicted octanol–water partition coefficient (Wildman–Crippen LogP) is 5.83. The summed E-state index contributed by atoms with van der Waals surface area (Å²) in [4.78, 5) is 20.1. The van der Waals surface area contributed by atoms with Gasteiger partial charge in [0.15, 0.2) is 0 Å². The lowest BCUT2D eigenvalue weighted by Gasteiger charge is -2.13. The fourth-order valence-electron chi connectivity index (χ4n) is 4.12. The third-order valence-corrected chi connectivity index (χ3v) is 5.81. The van der Waals surface area contributed by atoms with Gasteiger partial charge in [-0.1, -0.05) is 36.4 Å². The van der Waals surface area contributed by atoms with Gasteiger partial charge in [0.25, 0.3) is 5.69 Å². The lowest BCUT2D eigenvalue weighted by atomic mass is 9.99. The van der Waals surface area contributed by atoms with Gasteiger partial charge in [0, 0.05) is 35.0 Å². The lowest BCUT2D eigenvalue weighted by Crippen LogP contribution is -2.00. The maximum atomic E-state index is 11.1. The predicted molar refractivity (Wildman–Crippen MR) is 132 cm³/mol. The number of ether oxygens (including phenoxy) is 1. The number of nitro groups is 1. The Morgan fingerprint density at radius 1 is 1.00 bits per heavy atom. The van der Waals surface area contributed by atoms with Crippen LogP contribution in [0, 0.1) is 28.4 Å². The Kier molecular flexibility index (Phi) is 5.43. The molecule has 8 heteroatoms. The molecule has 8 nitrogen and oxygen atoms in total. The van der Waals surface area contributed by atoms with Gasteiger partial charge in [0.1, 0.15) is 17.3 Å². The molecule has 35 heavy (non-hydrogen) atoms. The summed E-state index contributed by atoms with van der Waals surface area (Å²) in [6, 6.07) is 23.9. The van der Waals surface area contributed by atoms with Crippen molar-refractivity contribution in [2.24, 2.45) is 0 Å². The Bertz CT molecular complexity index is 1620. The molecular formula is C27H19N5O3. The van der Waals surface area contributed by atoms with Crippen molar-refractivity contribution < 1.29 is 9.66 Å². The summed E-state index contributed by atoms with van der Waals surface area (Å²) in [5, 5.41) is 21.2. The monoisotopic (exact) mass is 461 g/mol. The van der Waals surface area contributed by atoms with Gasteiger partial charge in [-0.05, 0) is 36.8 Å². The molecule has 5 rings (SSSR count). The maximum Gasteiger partial charge on any atom is 0.269 e. The SMILES string of the molecule is COc1nc(-c2ccc([N+](=O)[O-])cc2)cc(-c2c(-c3ccccc3)nc3c(C)cccn23)c1C#N. The highest BCUT2D eigenvalue weighted by atomic mass is 16.6. The van der Waals surface area contributed by atoms with Crippen LogP contribution in [0.1, 0.15) is 11.1 Å². The number of pyridine rings is 2. The van der Waals surface area contributed by atoms with Gasteiger partial charge in [-0.25, -0.2) is 9.97 Å². The molecule has 170 valence electrons. The molecule has 0 N–H and O–H groups in total. The molecule has 5 aromatic rings. The van der Waals surface area contributed by atoms with Crippen molar-refractivity contribution in [3.05, 3.63) is 100 Å². The smallest absolute Gasteiger partial charge is 0.269 e. The van der Waals surface area contributed by atoms with E-state index in [-0.39, 0.29) is 17.1 Å². The summed E-state index contributed by atoms with van der Waals surface area (Å²) in [5.74, 6) is 0.167. The number of hydrogen-bond donors (Lipinski definition) is 0. The van der Waals surface area contributed by atoms with Crippen LogP contribution in [-0.2, 0) is 0 Å². The van der Waals surface area contributed by atoms with Crippen molar-refractivity contribution in [1.82, 2.24) is 14.4 Å². The minimum Gasteiger partial charge on any atom is -0.480 e. The van der Waals surface area contributed by atoms with E-state index in [1.165, 1.54) is 19.2 Å². The van der Waals surface area contributed by atoms with Gasteiger partial charge < -0.3 is 4.74 Å². The second-order valence-electron chi connectivity index (χ2n) is 7.91. The molecule has 0 aliphatic carbocycles. The molecule has 2 aromatic carbocycles. The second kappa shape index (κ2) is 8.72. The topological polar surface area (TPSA) is 106 Å². The number of methoxy groups -OCH3 is 1. The van der Waals surface area contributed by atoms with Crippen LogP contribution in [0.15, 0.2) is 79.0 Å². The van der Waals surface area contributed by atoms with Crippen LogP contribution in [0.2, 0.25) is 0 Å². The average molecular weight is 461 g/mol. The van der Waals surface area contributed by atoms with Crippen LogP contribution in [-0.4, -0.2) is 26.4 Å². The molecule has 0 radical (unpaired) electrons. The Morgan fingerprint density at radius 2 is 1.74 bits per heavy atom. The van der Waals surface area contributed by atoms with Gasteiger partial charge in [-0.15, -0.1) is 0 Å². The quantitative estimate of drug-likeness (QED) is 0.241. The number of nitrogens with zero attached hydrogens (tertiary/aromatic N) is 5. The minimum absolute atomic E-state index is 0.0155. The van der Waals surface area contributed by atoms with E-state index in [9.17, 15) is 15.4 Å². The normalized spacial score (nSPS) is 10.8. The third-order valence-electron chi connectivity index (χ3n) is 5.81. The molecule has 0 fully saturated rings. The van der Waals surface area contributed by atoms with Gasteiger partial charge in [-0.2, -0.15) is 5.26 Å². The van der Waals surface area contributed by atoms with E-state index in [0.29, 0.717) is 16.8 Å². The molecule has 0 atom stereocenters. The van der Waals surface area contributed by atoms with E-state index in [4.69, 9.17) is 9.72 Å². The number of aryl methyl sites for hydroxylation is 1. The van der Waals surface area contributed by atoms with Gasteiger partial charge in [0.05, 0.1) is 29.1 Å². The highest BCUT2D eigenvalue weighted by Crippen LogP contribution is 2.39. The number of non-ortho nitro benzene ring substituents is 1. The Hall–Kier alpha value is -5.03. The summed E-state index contributed by atoms with van der Waals surface area (Å²) < 4.78 is 7.47. The van der Waals surface area contributed by atoms with Crippen LogP contribution in [0.5, 0.6) is 5.88 Å². The average Bonchev–Trinajstić information content (AvgIpc) is 3.29. The number of rotatable bonds is 5. The molecule has 0 unspecified atom stereocenters. The second-order valence-corrected chi connectivity index (χ2v) is 7.91. The molecular weight excluding hydrogens is 442 g/mol. The number of imidazole rings is 1. The molecule has 0 saturated heterocycles. The minimum atomic E-state index is -0.450. The molecule has 0 spiro atoms. The van der Waals surface area contributed by atoms with Crippen molar-refractivity contribution in [2.75, 3.05) is 7.11 Å². The molecule has 0 aliphatic heterocycles. The van der Waals surface area contributed by atoms with Crippen molar-refractivity contribution in [1.29, 1.82) is 5.26 Å². The van der Waals surface area contributed by atoms with E-state index in [1.54, 1.807) is 18.2 Å². The zero-order chi connectivity index (χ0) is 24.5. The summed E-state index contributed by atoms with van der Waals surface area (Å²) >= 11 is 0. The highest BCUT2D eigenvalue weighted by Gasteiger charge is 2.23. The molecule has 0 amide bonds. The Labute approximate surface area is 200 Å². The van der Waals surface area contributed by atoms with Crippen molar-refractivity contribution in [2.45, 2.75) is 6.92 Å². The van der Waals surface area contributed by atoms with E-state index in [2.05, 4.69) is 11.1 Å². The maximum absolute atomic E-state index is 11.1. The van der Waals surface area contributed by atoms with E-state index < -0.39 is 4.92 Å². The number of aromatic nitrogens is 3.